The summed E-state index contributed by atoms with van der Waals surface area (Å²) in [7, 11) is 0. The maximum atomic E-state index is 4.42. The standard InChI is InChI=1S/C9H10N2/c1-9(2)10-7-5-3-4-6-8(7)11-9/h3-6H,1-2H3. The summed E-state index contributed by atoms with van der Waals surface area (Å²) in [5.74, 6) is 0. The molecular formula is C9H10N2. The van der Waals surface area contributed by atoms with Crippen molar-refractivity contribution in [1.29, 1.82) is 0 Å². The molecule has 0 radical (unpaired) electrons. The van der Waals surface area contributed by atoms with Crippen LogP contribution in [0.4, 0.5) is 0 Å². The number of nitrogens with zero attached hydrogens (tertiary/aromatic N) is 2. The van der Waals surface area contributed by atoms with E-state index in [9.17, 15) is 0 Å². The van der Waals surface area contributed by atoms with Gasteiger partial charge < -0.3 is 0 Å². The lowest BCUT2D eigenvalue weighted by molar-refractivity contribution is 0.549. The van der Waals surface area contributed by atoms with Gasteiger partial charge in [-0.05, 0) is 26.0 Å². The van der Waals surface area contributed by atoms with Crippen LogP contribution in [0, 0.1) is 0 Å². The smallest absolute Gasteiger partial charge is 0.146 e. The summed E-state index contributed by atoms with van der Waals surface area (Å²) in [6.07, 6.45) is 0. The normalized spacial score (nSPS) is 18.4. The Bertz CT molecular complexity index is 353. The number of hydrogen-bond acceptors (Lipinski definition) is 2. The molecule has 11 heavy (non-hydrogen) atoms. The van der Waals surface area contributed by atoms with Gasteiger partial charge in [0.2, 0.25) is 0 Å². The highest BCUT2D eigenvalue weighted by Gasteiger charge is 2.16. The Morgan fingerprint density at radius 1 is 1.00 bits per heavy atom. The third-order valence-electron chi connectivity index (χ3n) is 1.67. The van der Waals surface area contributed by atoms with Gasteiger partial charge in [-0.15, -0.1) is 0 Å². The first-order chi connectivity index (χ1) is 5.17. The first-order valence-corrected chi connectivity index (χ1v) is 3.72. The van der Waals surface area contributed by atoms with Crippen molar-refractivity contribution in [2.75, 3.05) is 0 Å². The molecule has 2 rings (SSSR count). The summed E-state index contributed by atoms with van der Waals surface area (Å²) in [4.78, 5) is 8.83. The largest absolute Gasteiger partial charge is 0.254 e. The molecule has 1 aliphatic rings. The molecule has 0 unspecified atom stereocenters. The fourth-order valence-corrected chi connectivity index (χ4v) is 1.27. The minimum Gasteiger partial charge on any atom is -0.254 e. The van der Waals surface area contributed by atoms with Gasteiger partial charge >= 0.3 is 0 Å². The molecule has 1 aliphatic heterocycles. The highest BCUT2D eigenvalue weighted by Crippen LogP contribution is 2.09. The minimum absolute atomic E-state index is 0.246. The maximum absolute atomic E-state index is 4.42. The van der Waals surface area contributed by atoms with E-state index in [4.69, 9.17) is 0 Å². The molecule has 0 atom stereocenters. The second-order valence-corrected chi connectivity index (χ2v) is 3.21. The van der Waals surface area contributed by atoms with Gasteiger partial charge in [0.1, 0.15) is 5.66 Å². The highest BCUT2D eigenvalue weighted by atomic mass is 15.1. The van der Waals surface area contributed by atoms with E-state index in [0.717, 1.165) is 10.7 Å². The van der Waals surface area contributed by atoms with Crippen molar-refractivity contribution in [3.05, 3.63) is 35.0 Å². The zero-order valence-corrected chi connectivity index (χ0v) is 6.70. The monoisotopic (exact) mass is 146 g/mol. The molecule has 0 amide bonds. The van der Waals surface area contributed by atoms with E-state index >= 15 is 0 Å². The van der Waals surface area contributed by atoms with E-state index in [1.165, 1.54) is 0 Å². The van der Waals surface area contributed by atoms with E-state index in [0.29, 0.717) is 0 Å². The van der Waals surface area contributed by atoms with Crippen LogP contribution in [-0.4, -0.2) is 5.66 Å². The SMILES string of the molecule is CC1(C)N=c2ccccc2=N1. The lowest BCUT2D eigenvalue weighted by atomic mass is 10.3. The second kappa shape index (κ2) is 1.91. The van der Waals surface area contributed by atoms with Crippen LogP contribution in [0.25, 0.3) is 0 Å². The van der Waals surface area contributed by atoms with Crippen molar-refractivity contribution >= 4 is 0 Å². The van der Waals surface area contributed by atoms with Crippen LogP contribution in [-0.2, 0) is 0 Å². The molecule has 56 valence electrons. The molecule has 2 heteroatoms. The molecule has 0 saturated heterocycles. The number of rotatable bonds is 0. The lowest BCUT2D eigenvalue weighted by Gasteiger charge is -2.06. The highest BCUT2D eigenvalue weighted by molar-refractivity contribution is 5.05. The molecule has 0 aromatic heterocycles. The molecule has 2 nitrogen and oxygen atoms in total. The zero-order valence-electron chi connectivity index (χ0n) is 6.70. The Morgan fingerprint density at radius 2 is 1.45 bits per heavy atom. The van der Waals surface area contributed by atoms with Crippen molar-refractivity contribution in [3.63, 3.8) is 0 Å². The van der Waals surface area contributed by atoms with Gasteiger partial charge in [0, 0.05) is 0 Å². The summed E-state index contributed by atoms with van der Waals surface area (Å²) < 4.78 is 0. The van der Waals surface area contributed by atoms with Crippen molar-refractivity contribution in [1.82, 2.24) is 0 Å². The van der Waals surface area contributed by atoms with Crippen LogP contribution in [0.1, 0.15) is 13.8 Å². The van der Waals surface area contributed by atoms with E-state index in [-0.39, 0.29) is 5.66 Å². The van der Waals surface area contributed by atoms with Crippen LogP contribution in [0.2, 0.25) is 0 Å². The van der Waals surface area contributed by atoms with E-state index in [1.807, 2.05) is 38.1 Å². The molecular weight excluding hydrogens is 136 g/mol. The van der Waals surface area contributed by atoms with Gasteiger partial charge in [-0.25, -0.2) is 0 Å². The van der Waals surface area contributed by atoms with Crippen LogP contribution >= 0.6 is 0 Å². The van der Waals surface area contributed by atoms with Crippen LogP contribution in [0.15, 0.2) is 34.3 Å². The minimum atomic E-state index is -0.246. The maximum Gasteiger partial charge on any atom is 0.146 e. The average Bonchev–Trinajstić information content (AvgIpc) is 2.21. The second-order valence-electron chi connectivity index (χ2n) is 3.21. The third kappa shape index (κ3) is 1.04. The van der Waals surface area contributed by atoms with Gasteiger partial charge in [0.15, 0.2) is 0 Å². The van der Waals surface area contributed by atoms with E-state index < -0.39 is 0 Å². The summed E-state index contributed by atoms with van der Waals surface area (Å²) >= 11 is 0. The molecule has 1 aromatic carbocycles. The van der Waals surface area contributed by atoms with Gasteiger partial charge in [0.25, 0.3) is 0 Å². The molecule has 0 bridgehead atoms. The summed E-state index contributed by atoms with van der Waals surface area (Å²) in [5, 5.41) is 2.02. The number of benzene rings is 1. The molecule has 1 heterocycles. The molecule has 0 spiro atoms. The van der Waals surface area contributed by atoms with E-state index in [1.54, 1.807) is 0 Å². The van der Waals surface area contributed by atoms with Gasteiger partial charge in [-0.1, -0.05) is 12.1 Å². The lowest BCUT2D eigenvalue weighted by Crippen LogP contribution is -2.19. The van der Waals surface area contributed by atoms with Gasteiger partial charge in [-0.2, -0.15) is 0 Å². The Labute approximate surface area is 65.3 Å². The molecule has 0 fully saturated rings. The molecule has 0 N–H and O–H groups in total. The molecule has 1 aromatic rings. The van der Waals surface area contributed by atoms with Crippen LogP contribution in [0.3, 0.4) is 0 Å². The summed E-state index contributed by atoms with van der Waals surface area (Å²) in [6, 6.07) is 7.96. The van der Waals surface area contributed by atoms with Crippen molar-refractivity contribution in [3.8, 4) is 0 Å². The Morgan fingerprint density at radius 3 is 1.91 bits per heavy atom. The predicted octanol–water partition coefficient (Wildman–Crippen LogP) is 0.675. The van der Waals surface area contributed by atoms with E-state index in [2.05, 4.69) is 9.98 Å². The summed E-state index contributed by atoms with van der Waals surface area (Å²) in [6.45, 7) is 4.01. The number of para-hydroxylation sites is 2. The summed E-state index contributed by atoms with van der Waals surface area (Å²) in [5.41, 5.74) is -0.246. The first-order valence-electron chi connectivity index (χ1n) is 3.72. The fraction of sp³-hybridized carbons (Fsp3) is 0.333. The Hall–Kier alpha value is -1.18. The van der Waals surface area contributed by atoms with Crippen molar-refractivity contribution < 1.29 is 0 Å². The quantitative estimate of drug-likeness (QED) is 0.514. The Kier molecular flexibility index (Phi) is 1.13. The van der Waals surface area contributed by atoms with Crippen molar-refractivity contribution in [2.45, 2.75) is 19.5 Å². The fourth-order valence-electron chi connectivity index (χ4n) is 1.27. The zero-order chi connectivity index (χ0) is 7.90. The molecule has 0 saturated carbocycles. The first kappa shape index (κ1) is 6.53. The van der Waals surface area contributed by atoms with Crippen molar-refractivity contribution in [2.24, 2.45) is 9.98 Å². The van der Waals surface area contributed by atoms with Gasteiger partial charge in [0.05, 0.1) is 10.7 Å². The van der Waals surface area contributed by atoms with Crippen LogP contribution < -0.4 is 10.7 Å². The average molecular weight is 146 g/mol. The predicted molar refractivity (Wildman–Crippen MR) is 42.8 cm³/mol. The third-order valence-corrected chi connectivity index (χ3v) is 1.67. The molecule has 0 aliphatic carbocycles. The van der Waals surface area contributed by atoms with Gasteiger partial charge in [-0.3, -0.25) is 9.98 Å². The van der Waals surface area contributed by atoms with Crippen LogP contribution in [0.5, 0.6) is 0 Å². The topological polar surface area (TPSA) is 24.7 Å². The Balaban J connectivity index is 2.81. The number of hydrogen-bond donors (Lipinski definition) is 0. The number of fused-ring (bicyclic) bond motifs is 1.